The molecule has 0 bridgehead atoms. The molecule has 86 valence electrons. The lowest BCUT2D eigenvalue weighted by molar-refractivity contribution is 0.0854. The van der Waals surface area contributed by atoms with Gasteiger partial charge in [-0.15, -0.1) is 0 Å². The Balaban J connectivity index is 4.67. The van der Waals surface area contributed by atoms with E-state index in [0.717, 1.165) is 18.4 Å². The highest BCUT2D eigenvalue weighted by Gasteiger charge is 2.35. The third kappa shape index (κ3) is 4.00. The van der Waals surface area contributed by atoms with Gasteiger partial charge >= 0.3 is 0 Å². The molecule has 0 aliphatic heterocycles. The van der Waals surface area contributed by atoms with Crippen LogP contribution in [0.1, 0.15) is 48.5 Å². The Bertz CT molecular complexity index is 159. The van der Waals surface area contributed by atoms with Crippen molar-refractivity contribution in [2.75, 3.05) is 13.6 Å². The van der Waals surface area contributed by atoms with Crippen LogP contribution >= 0.6 is 0 Å². The van der Waals surface area contributed by atoms with E-state index in [1.807, 2.05) is 7.05 Å². The van der Waals surface area contributed by atoms with Gasteiger partial charge in [-0.25, -0.2) is 0 Å². The fourth-order valence-corrected chi connectivity index (χ4v) is 2.06. The van der Waals surface area contributed by atoms with E-state index in [-0.39, 0.29) is 0 Å². The summed E-state index contributed by atoms with van der Waals surface area (Å²) >= 11 is 0. The van der Waals surface area contributed by atoms with Crippen LogP contribution in [0, 0.1) is 22.7 Å². The predicted octanol–water partition coefficient (Wildman–Crippen LogP) is 3.55. The highest BCUT2D eigenvalue weighted by atomic mass is 14.8. The zero-order chi connectivity index (χ0) is 11.6. The van der Waals surface area contributed by atoms with Crippen LogP contribution in [-0.4, -0.2) is 13.6 Å². The first-order chi connectivity index (χ1) is 6.10. The van der Waals surface area contributed by atoms with Crippen molar-refractivity contribution >= 4 is 0 Å². The largest absolute Gasteiger partial charge is 0.319 e. The molecule has 0 aliphatic rings. The van der Waals surface area contributed by atoms with Crippen LogP contribution in [0.3, 0.4) is 0 Å². The maximum absolute atomic E-state index is 3.33. The Kier molecular flexibility index (Phi) is 4.64. The smallest absolute Gasteiger partial charge is 0.00158 e. The zero-order valence-electron chi connectivity index (χ0n) is 11.4. The molecule has 1 heteroatoms. The van der Waals surface area contributed by atoms with Crippen LogP contribution < -0.4 is 5.32 Å². The van der Waals surface area contributed by atoms with E-state index in [1.54, 1.807) is 0 Å². The molecule has 1 N–H and O–H groups in total. The number of rotatable bonds is 3. The minimum Gasteiger partial charge on any atom is -0.319 e. The molecular formula is C13H29N. The first-order valence-corrected chi connectivity index (χ1v) is 5.75. The summed E-state index contributed by atoms with van der Waals surface area (Å²) in [5, 5.41) is 3.33. The third-order valence-electron chi connectivity index (χ3n) is 3.51. The lowest BCUT2D eigenvalue weighted by Gasteiger charge is -2.42. The van der Waals surface area contributed by atoms with E-state index in [9.17, 15) is 0 Å². The fourth-order valence-electron chi connectivity index (χ4n) is 2.06. The Morgan fingerprint density at radius 1 is 0.929 bits per heavy atom. The van der Waals surface area contributed by atoms with Crippen molar-refractivity contribution in [3.05, 3.63) is 0 Å². The molecule has 0 spiro atoms. The molecule has 0 aromatic heterocycles. The van der Waals surface area contributed by atoms with Gasteiger partial charge < -0.3 is 5.32 Å². The summed E-state index contributed by atoms with van der Waals surface area (Å²) in [4.78, 5) is 0. The molecule has 0 aromatic rings. The van der Waals surface area contributed by atoms with Crippen LogP contribution in [0.5, 0.6) is 0 Å². The highest BCUT2D eigenvalue weighted by Crippen LogP contribution is 2.40. The van der Waals surface area contributed by atoms with Gasteiger partial charge in [-0.1, -0.05) is 48.5 Å². The summed E-state index contributed by atoms with van der Waals surface area (Å²) in [6, 6.07) is 0. The van der Waals surface area contributed by atoms with E-state index in [2.05, 4.69) is 53.8 Å². The topological polar surface area (TPSA) is 12.0 Å². The van der Waals surface area contributed by atoms with Crippen molar-refractivity contribution < 1.29 is 0 Å². The summed E-state index contributed by atoms with van der Waals surface area (Å²) in [6.45, 7) is 17.5. The summed E-state index contributed by atoms with van der Waals surface area (Å²) in [5.41, 5.74) is 0.782. The van der Waals surface area contributed by atoms with Gasteiger partial charge in [0.1, 0.15) is 0 Å². The minimum atomic E-state index is 0.385. The summed E-state index contributed by atoms with van der Waals surface area (Å²) in [7, 11) is 2.05. The SMILES string of the molecule is CNCC(C(C)C(C)(C)C)C(C)(C)C. The molecule has 2 unspecified atom stereocenters. The summed E-state index contributed by atoms with van der Waals surface area (Å²) < 4.78 is 0. The first kappa shape index (κ1) is 14.0. The van der Waals surface area contributed by atoms with E-state index in [0.29, 0.717) is 10.8 Å². The predicted molar refractivity (Wildman–Crippen MR) is 65.5 cm³/mol. The molecule has 0 aromatic carbocycles. The van der Waals surface area contributed by atoms with Gasteiger partial charge in [0, 0.05) is 0 Å². The molecule has 0 saturated carbocycles. The van der Waals surface area contributed by atoms with E-state index in [1.165, 1.54) is 0 Å². The standard InChI is InChI=1S/C13H29N/c1-10(12(2,3)4)11(9-14-8)13(5,6)7/h10-11,14H,9H2,1-8H3. The normalized spacial score (nSPS) is 18.0. The lowest BCUT2D eigenvalue weighted by Crippen LogP contribution is -2.39. The molecule has 0 amide bonds. The van der Waals surface area contributed by atoms with Crippen LogP contribution in [-0.2, 0) is 0 Å². The van der Waals surface area contributed by atoms with Crippen molar-refractivity contribution in [2.24, 2.45) is 22.7 Å². The van der Waals surface area contributed by atoms with Crippen molar-refractivity contribution in [1.29, 1.82) is 0 Å². The second-order valence-electron chi connectivity index (χ2n) is 6.68. The fraction of sp³-hybridized carbons (Fsp3) is 1.00. The Morgan fingerprint density at radius 2 is 1.36 bits per heavy atom. The molecule has 0 rings (SSSR count). The van der Waals surface area contributed by atoms with Gasteiger partial charge in [0.15, 0.2) is 0 Å². The molecule has 0 heterocycles. The number of hydrogen-bond donors (Lipinski definition) is 1. The van der Waals surface area contributed by atoms with E-state index >= 15 is 0 Å². The minimum absolute atomic E-state index is 0.385. The van der Waals surface area contributed by atoms with Crippen LogP contribution in [0.25, 0.3) is 0 Å². The Hall–Kier alpha value is -0.0400. The maximum Gasteiger partial charge on any atom is -0.00158 e. The quantitative estimate of drug-likeness (QED) is 0.733. The Morgan fingerprint density at radius 3 is 1.57 bits per heavy atom. The van der Waals surface area contributed by atoms with Gasteiger partial charge in [0.05, 0.1) is 0 Å². The molecule has 1 nitrogen and oxygen atoms in total. The molecule has 14 heavy (non-hydrogen) atoms. The average Bonchev–Trinajstić information content (AvgIpc) is 1.94. The van der Waals surface area contributed by atoms with Gasteiger partial charge in [0.25, 0.3) is 0 Å². The van der Waals surface area contributed by atoms with Crippen molar-refractivity contribution in [3.63, 3.8) is 0 Å². The van der Waals surface area contributed by atoms with Crippen molar-refractivity contribution in [3.8, 4) is 0 Å². The number of nitrogens with one attached hydrogen (secondary N) is 1. The van der Waals surface area contributed by atoms with Crippen LogP contribution in [0.15, 0.2) is 0 Å². The van der Waals surface area contributed by atoms with Gasteiger partial charge in [-0.3, -0.25) is 0 Å². The maximum atomic E-state index is 3.33. The molecule has 2 atom stereocenters. The molecule has 0 saturated heterocycles. The summed E-state index contributed by atoms with van der Waals surface area (Å²) in [5.74, 6) is 1.46. The van der Waals surface area contributed by atoms with Crippen LogP contribution in [0.2, 0.25) is 0 Å². The molecule has 0 fully saturated rings. The third-order valence-corrected chi connectivity index (χ3v) is 3.51. The molecular weight excluding hydrogens is 170 g/mol. The lowest BCUT2D eigenvalue weighted by atomic mass is 9.65. The summed E-state index contributed by atoms with van der Waals surface area (Å²) in [6.07, 6.45) is 0. The van der Waals surface area contributed by atoms with Crippen molar-refractivity contribution in [2.45, 2.75) is 48.5 Å². The van der Waals surface area contributed by atoms with E-state index < -0.39 is 0 Å². The van der Waals surface area contributed by atoms with E-state index in [4.69, 9.17) is 0 Å². The highest BCUT2D eigenvalue weighted by molar-refractivity contribution is 4.85. The van der Waals surface area contributed by atoms with Gasteiger partial charge in [0.2, 0.25) is 0 Å². The van der Waals surface area contributed by atoms with Crippen molar-refractivity contribution in [1.82, 2.24) is 5.32 Å². The average molecular weight is 199 g/mol. The molecule has 0 aliphatic carbocycles. The molecule has 0 radical (unpaired) electrons. The second kappa shape index (κ2) is 4.65. The second-order valence-corrected chi connectivity index (χ2v) is 6.68. The first-order valence-electron chi connectivity index (χ1n) is 5.75. The van der Waals surface area contributed by atoms with Gasteiger partial charge in [-0.2, -0.15) is 0 Å². The van der Waals surface area contributed by atoms with Crippen LogP contribution in [0.4, 0.5) is 0 Å². The van der Waals surface area contributed by atoms with Gasteiger partial charge in [-0.05, 0) is 36.3 Å². The monoisotopic (exact) mass is 199 g/mol. The number of hydrogen-bond acceptors (Lipinski definition) is 1. The zero-order valence-corrected chi connectivity index (χ0v) is 11.4. The Labute approximate surface area is 90.7 Å².